The molecule has 0 aromatic heterocycles. The third kappa shape index (κ3) is 14.9. The van der Waals surface area contributed by atoms with E-state index in [-0.39, 0.29) is 21.2 Å². The van der Waals surface area contributed by atoms with Crippen molar-refractivity contribution in [2.75, 3.05) is 0 Å². The molecule has 0 bridgehead atoms. The monoisotopic (exact) mass is 626 g/mol. The second kappa shape index (κ2) is 17.3. The summed E-state index contributed by atoms with van der Waals surface area (Å²) in [5.41, 5.74) is -2.62. The maximum atomic E-state index is 10.7. The second-order valence-corrected chi connectivity index (χ2v) is 13.0. The molecule has 2 aromatic carbocycles. The molecule has 0 N–H and O–H groups in total. The second-order valence-electron chi connectivity index (χ2n) is 8.58. The number of alkyl halides is 3. The summed E-state index contributed by atoms with van der Waals surface area (Å²) in [6.07, 6.45) is 16.2. The molecule has 0 aliphatic rings. The summed E-state index contributed by atoms with van der Waals surface area (Å²) in [4.78, 5) is 0. The van der Waals surface area contributed by atoms with E-state index in [4.69, 9.17) is 13.0 Å². The van der Waals surface area contributed by atoms with Crippen LogP contribution in [0.3, 0.4) is 0 Å². The Bertz CT molecular complexity index is 857. The van der Waals surface area contributed by atoms with Gasteiger partial charge in [0.1, 0.15) is 0 Å². The number of hydrogen-bond acceptors (Lipinski definition) is 3. The van der Waals surface area contributed by atoms with Crippen LogP contribution in [0.15, 0.2) is 48.5 Å². The van der Waals surface area contributed by atoms with Crippen molar-refractivity contribution in [2.24, 2.45) is 0 Å². The molecule has 0 heterocycles. The molecule has 0 radical (unpaired) electrons. The molecule has 2 aromatic rings. The fourth-order valence-corrected chi connectivity index (χ4v) is 5.58. The van der Waals surface area contributed by atoms with Crippen LogP contribution in [0, 0.1) is 7.14 Å². The summed E-state index contributed by atoms with van der Waals surface area (Å²) in [6.45, 7) is 4.56. The first-order chi connectivity index (χ1) is 16.6. The smallest absolute Gasteiger partial charge is 0.485 e. The van der Waals surface area contributed by atoms with E-state index in [1.807, 2.05) is 0 Å². The Hall–Kier alpha value is -1.13. The minimum Gasteiger partial charge on any atom is -0.741 e. The Morgan fingerprint density at radius 1 is 0.657 bits per heavy atom. The van der Waals surface area contributed by atoms with Gasteiger partial charge in [0.15, 0.2) is 17.3 Å². The average molecular weight is 627 g/mol. The minimum atomic E-state index is -6.09. The van der Waals surface area contributed by atoms with Crippen molar-refractivity contribution in [1.82, 2.24) is 0 Å². The summed E-state index contributed by atoms with van der Waals surface area (Å²) >= 11 is -0.0408. The zero-order valence-corrected chi connectivity index (χ0v) is 23.7. The van der Waals surface area contributed by atoms with Crippen LogP contribution in [-0.2, 0) is 23.0 Å². The SMILES string of the molecule is CCCCCCCc1ccc([I+]c2ccc(CCCCCCC)cc2)cc1.O=S(=O)([O-])C(F)(F)F. The minimum absolute atomic E-state index is 0.0408. The number of hydrogen-bond donors (Lipinski definition) is 0. The number of halogens is 4. The number of unbranched alkanes of at least 4 members (excludes halogenated alkanes) is 8. The van der Waals surface area contributed by atoms with Crippen molar-refractivity contribution in [3.05, 3.63) is 66.8 Å². The molecule has 35 heavy (non-hydrogen) atoms. The number of rotatable bonds is 14. The lowest BCUT2D eigenvalue weighted by Gasteiger charge is -2.08. The molecule has 198 valence electrons. The third-order valence-electron chi connectivity index (χ3n) is 5.47. The van der Waals surface area contributed by atoms with Crippen molar-refractivity contribution in [1.29, 1.82) is 0 Å². The predicted molar refractivity (Wildman–Crippen MR) is 131 cm³/mol. The van der Waals surface area contributed by atoms with Gasteiger partial charge >= 0.3 is 26.7 Å². The summed E-state index contributed by atoms with van der Waals surface area (Å²) in [5, 5.41) is 0. The van der Waals surface area contributed by atoms with Gasteiger partial charge in [-0.15, -0.1) is 0 Å². The number of benzene rings is 2. The van der Waals surface area contributed by atoms with Crippen LogP contribution in [0.2, 0.25) is 0 Å². The molecular weight excluding hydrogens is 588 g/mol. The highest BCUT2D eigenvalue weighted by Crippen LogP contribution is 2.20. The van der Waals surface area contributed by atoms with Crippen LogP contribution in [0.1, 0.15) is 89.2 Å². The summed E-state index contributed by atoms with van der Waals surface area (Å²) in [6, 6.07) is 18.9. The highest BCUT2D eigenvalue weighted by Gasteiger charge is 2.36. The molecule has 0 aliphatic carbocycles. The van der Waals surface area contributed by atoms with Gasteiger partial charge in [-0.05, 0) is 61.1 Å². The largest absolute Gasteiger partial charge is 0.741 e. The van der Waals surface area contributed by atoms with E-state index in [0.29, 0.717) is 0 Å². The molecule has 0 aliphatic heterocycles. The summed E-state index contributed by atoms with van der Waals surface area (Å²) < 4.78 is 62.0. The van der Waals surface area contributed by atoms with Gasteiger partial charge in [-0.1, -0.05) is 89.5 Å². The van der Waals surface area contributed by atoms with Crippen LogP contribution < -0.4 is 21.2 Å². The van der Waals surface area contributed by atoms with Gasteiger partial charge < -0.3 is 4.55 Å². The van der Waals surface area contributed by atoms with Crippen molar-refractivity contribution < 1.29 is 47.3 Å². The van der Waals surface area contributed by atoms with Crippen molar-refractivity contribution in [3.63, 3.8) is 0 Å². The Morgan fingerprint density at radius 3 is 1.26 bits per heavy atom. The molecule has 8 heteroatoms. The summed E-state index contributed by atoms with van der Waals surface area (Å²) in [5.74, 6) is 0. The Kier molecular flexibility index (Phi) is 15.8. The van der Waals surface area contributed by atoms with Crippen LogP contribution in [0.5, 0.6) is 0 Å². The van der Waals surface area contributed by atoms with Gasteiger partial charge in [-0.3, -0.25) is 0 Å². The molecule has 3 nitrogen and oxygen atoms in total. The molecular formula is C27H38F3IO3S. The van der Waals surface area contributed by atoms with Crippen LogP contribution in [-0.4, -0.2) is 18.5 Å². The highest BCUT2D eigenvalue weighted by atomic mass is 127. The maximum absolute atomic E-state index is 10.7. The molecule has 2 rings (SSSR count). The third-order valence-corrected chi connectivity index (χ3v) is 8.72. The molecule has 0 amide bonds. The van der Waals surface area contributed by atoms with E-state index in [1.54, 1.807) is 0 Å². The molecule has 0 atom stereocenters. The van der Waals surface area contributed by atoms with Crippen LogP contribution in [0.4, 0.5) is 13.2 Å². The molecule has 0 spiro atoms. The van der Waals surface area contributed by atoms with E-state index in [1.165, 1.54) is 95.3 Å². The topological polar surface area (TPSA) is 57.2 Å². The van der Waals surface area contributed by atoms with Gasteiger partial charge in [-0.2, -0.15) is 13.2 Å². The van der Waals surface area contributed by atoms with Crippen molar-refractivity contribution >= 4 is 10.1 Å². The predicted octanol–water partition coefficient (Wildman–Crippen LogP) is 4.89. The Morgan fingerprint density at radius 2 is 0.971 bits per heavy atom. The number of aryl methyl sites for hydroxylation is 2. The van der Waals surface area contributed by atoms with E-state index < -0.39 is 15.6 Å². The first kappa shape index (κ1) is 31.9. The average Bonchev–Trinajstić information content (AvgIpc) is 2.80. The molecule has 0 unspecified atom stereocenters. The lowest BCUT2D eigenvalue weighted by atomic mass is 10.1. The van der Waals surface area contributed by atoms with E-state index in [2.05, 4.69) is 62.4 Å². The van der Waals surface area contributed by atoms with Crippen LogP contribution >= 0.6 is 0 Å². The standard InChI is InChI=1S/C26H38I.CHF3O3S/c1-3-5-7-9-11-13-23-15-19-25(20-16-23)27-26-21-17-24(18-22-26)14-12-10-8-6-4-2;2-1(3,4)8(5,6)7/h15-22H,3-14H2,1-2H3;(H,5,6,7)/q+1;/p-1. The van der Waals surface area contributed by atoms with E-state index in [9.17, 15) is 13.2 Å². The zero-order valence-electron chi connectivity index (χ0n) is 20.7. The van der Waals surface area contributed by atoms with Crippen molar-refractivity contribution in [2.45, 2.75) is 96.4 Å². The van der Waals surface area contributed by atoms with Crippen molar-refractivity contribution in [3.8, 4) is 0 Å². The van der Waals surface area contributed by atoms with Gasteiger partial charge in [0.25, 0.3) is 0 Å². The first-order valence-electron chi connectivity index (χ1n) is 12.4. The van der Waals surface area contributed by atoms with E-state index >= 15 is 0 Å². The molecule has 0 saturated heterocycles. The lowest BCUT2D eigenvalue weighted by molar-refractivity contribution is -0.597. The lowest BCUT2D eigenvalue weighted by Crippen LogP contribution is -3.61. The normalized spacial score (nSPS) is 11.7. The fourth-order valence-electron chi connectivity index (χ4n) is 3.42. The summed E-state index contributed by atoms with van der Waals surface area (Å²) in [7, 11) is -6.09. The maximum Gasteiger partial charge on any atom is 0.485 e. The first-order valence-corrected chi connectivity index (χ1v) is 16.0. The Balaban J connectivity index is 0.000000658. The van der Waals surface area contributed by atoms with Gasteiger partial charge in [0.2, 0.25) is 0 Å². The van der Waals surface area contributed by atoms with Crippen LogP contribution in [0.25, 0.3) is 0 Å². The molecule has 0 fully saturated rings. The fraction of sp³-hybridized carbons (Fsp3) is 0.556. The van der Waals surface area contributed by atoms with Gasteiger partial charge in [-0.25, -0.2) is 8.42 Å². The van der Waals surface area contributed by atoms with E-state index in [0.717, 1.165) is 0 Å². The Labute approximate surface area is 219 Å². The quantitative estimate of drug-likeness (QED) is 0.130. The molecule has 0 saturated carbocycles. The van der Waals surface area contributed by atoms with Gasteiger partial charge in [0, 0.05) is 0 Å². The zero-order chi connectivity index (χ0) is 26.2. The highest BCUT2D eigenvalue weighted by molar-refractivity contribution is 7.86. The van der Waals surface area contributed by atoms with Gasteiger partial charge in [0.05, 0.1) is 0 Å².